The monoisotopic (exact) mass is 366 g/mol. The van der Waals surface area contributed by atoms with Gasteiger partial charge in [0.1, 0.15) is 5.75 Å². The molecule has 0 atom stereocenters. The van der Waals surface area contributed by atoms with Crippen molar-refractivity contribution < 1.29 is 22.7 Å². The Hall–Kier alpha value is -2.66. The van der Waals surface area contributed by atoms with Gasteiger partial charge < -0.3 is 10.1 Å². The van der Waals surface area contributed by atoms with Crippen LogP contribution >= 0.6 is 11.8 Å². The fourth-order valence-corrected chi connectivity index (χ4v) is 2.70. The minimum atomic E-state index is -4.75. The van der Waals surface area contributed by atoms with Crippen LogP contribution in [-0.4, -0.2) is 18.0 Å². The summed E-state index contributed by atoms with van der Waals surface area (Å²) in [6.45, 7) is 0. The number of carbonyl (C=O) groups excluding carboxylic acids is 1. The second kappa shape index (κ2) is 8.44. The molecule has 0 saturated heterocycles. The molecule has 0 heterocycles. The Morgan fingerprint density at radius 3 is 2.56 bits per heavy atom. The molecule has 8 heteroatoms. The lowest BCUT2D eigenvalue weighted by atomic mass is 10.2. The van der Waals surface area contributed by atoms with Gasteiger partial charge in [0, 0.05) is 11.4 Å². The second-order valence-electron chi connectivity index (χ2n) is 4.93. The first-order valence-corrected chi connectivity index (χ1v) is 8.23. The third kappa shape index (κ3) is 6.77. The predicted octanol–water partition coefficient (Wildman–Crippen LogP) is 4.33. The molecule has 130 valence electrons. The van der Waals surface area contributed by atoms with Gasteiger partial charge >= 0.3 is 6.36 Å². The average Bonchev–Trinajstić information content (AvgIpc) is 2.55. The molecule has 0 aliphatic rings. The summed E-state index contributed by atoms with van der Waals surface area (Å²) in [5, 5.41) is 11.4. The Labute approximate surface area is 146 Å². The average molecular weight is 366 g/mol. The standard InChI is InChI=1S/C17H13F3N2O2S/c18-17(19,20)24-15-6-4-14(5-7-15)22-16(23)11-25-10-13-3-1-2-12(8-13)9-21/h1-8H,10-11H2,(H,22,23). The van der Waals surface area contributed by atoms with E-state index in [4.69, 9.17) is 5.26 Å². The van der Waals surface area contributed by atoms with Gasteiger partial charge in [-0.3, -0.25) is 4.79 Å². The molecule has 0 aliphatic heterocycles. The van der Waals surface area contributed by atoms with Gasteiger partial charge in [0.2, 0.25) is 5.91 Å². The topological polar surface area (TPSA) is 62.1 Å². The van der Waals surface area contributed by atoms with Gasteiger partial charge in [-0.1, -0.05) is 12.1 Å². The number of ether oxygens (including phenoxy) is 1. The molecule has 0 bridgehead atoms. The van der Waals surface area contributed by atoms with Gasteiger partial charge in [-0.2, -0.15) is 5.26 Å². The lowest BCUT2D eigenvalue weighted by molar-refractivity contribution is -0.274. The van der Waals surface area contributed by atoms with Crippen molar-refractivity contribution in [3.8, 4) is 11.8 Å². The molecule has 1 amide bonds. The Balaban J connectivity index is 1.79. The van der Waals surface area contributed by atoms with Crippen LogP contribution in [0.4, 0.5) is 18.9 Å². The number of benzene rings is 2. The fourth-order valence-electron chi connectivity index (χ4n) is 1.93. The summed E-state index contributed by atoms with van der Waals surface area (Å²) in [4.78, 5) is 11.8. The lowest BCUT2D eigenvalue weighted by Crippen LogP contribution is -2.17. The third-order valence-corrected chi connectivity index (χ3v) is 3.93. The van der Waals surface area contributed by atoms with E-state index in [9.17, 15) is 18.0 Å². The maximum Gasteiger partial charge on any atom is 0.573 e. The van der Waals surface area contributed by atoms with Gasteiger partial charge in [-0.05, 0) is 42.0 Å². The van der Waals surface area contributed by atoms with Crippen molar-refractivity contribution in [3.05, 3.63) is 59.7 Å². The first-order chi connectivity index (χ1) is 11.9. The van der Waals surface area contributed by atoms with Gasteiger partial charge in [-0.25, -0.2) is 0 Å². The van der Waals surface area contributed by atoms with E-state index in [0.717, 1.165) is 17.7 Å². The number of anilines is 1. The number of thioether (sulfide) groups is 1. The van der Waals surface area contributed by atoms with Gasteiger partial charge in [0.25, 0.3) is 0 Å². The zero-order chi connectivity index (χ0) is 18.3. The Bertz CT molecular complexity index is 771. The number of hydrogen-bond donors (Lipinski definition) is 1. The molecule has 25 heavy (non-hydrogen) atoms. The van der Waals surface area contributed by atoms with E-state index in [0.29, 0.717) is 17.0 Å². The van der Waals surface area contributed by atoms with E-state index < -0.39 is 6.36 Å². The highest BCUT2D eigenvalue weighted by Gasteiger charge is 2.30. The van der Waals surface area contributed by atoms with E-state index >= 15 is 0 Å². The highest BCUT2D eigenvalue weighted by molar-refractivity contribution is 7.99. The minimum absolute atomic E-state index is 0.178. The van der Waals surface area contributed by atoms with E-state index in [1.807, 2.05) is 12.1 Å². The van der Waals surface area contributed by atoms with Crippen LogP contribution in [0.25, 0.3) is 0 Å². The minimum Gasteiger partial charge on any atom is -0.406 e. The van der Waals surface area contributed by atoms with Crippen LogP contribution in [0.15, 0.2) is 48.5 Å². The Kier molecular flexibility index (Phi) is 6.31. The number of nitrogens with zero attached hydrogens (tertiary/aromatic N) is 1. The zero-order valence-electron chi connectivity index (χ0n) is 12.8. The van der Waals surface area contributed by atoms with E-state index in [2.05, 4.69) is 10.1 Å². The van der Waals surface area contributed by atoms with Crippen LogP contribution in [0, 0.1) is 11.3 Å². The smallest absolute Gasteiger partial charge is 0.406 e. The van der Waals surface area contributed by atoms with Crippen molar-refractivity contribution in [2.24, 2.45) is 0 Å². The van der Waals surface area contributed by atoms with Gasteiger partial charge in [0.05, 0.1) is 17.4 Å². The number of carbonyl (C=O) groups is 1. The van der Waals surface area contributed by atoms with Crippen molar-refractivity contribution in [1.82, 2.24) is 0 Å². The second-order valence-corrected chi connectivity index (χ2v) is 5.91. The maximum atomic E-state index is 12.1. The molecule has 4 nitrogen and oxygen atoms in total. The number of rotatable bonds is 6. The molecule has 0 aromatic heterocycles. The van der Waals surface area contributed by atoms with E-state index in [-0.39, 0.29) is 17.4 Å². The molecular weight excluding hydrogens is 353 g/mol. The lowest BCUT2D eigenvalue weighted by Gasteiger charge is -2.10. The number of nitrogens with one attached hydrogen (secondary N) is 1. The predicted molar refractivity (Wildman–Crippen MR) is 89.1 cm³/mol. The van der Waals surface area contributed by atoms with Crippen molar-refractivity contribution >= 4 is 23.4 Å². The van der Waals surface area contributed by atoms with Crippen molar-refractivity contribution in [1.29, 1.82) is 5.26 Å². The van der Waals surface area contributed by atoms with E-state index in [1.165, 1.54) is 23.9 Å². The van der Waals surface area contributed by atoms with Crippen LogP contribution in [0.1, 0.15) is 11.1 Å². The summed E-state index contributed by atoms with van der Waals surface area (Å²) in [6.07, 6.45) is -4.75. The quantitative estimate of drug-likeness (QED) is 0.827. The summed E-state index contributed by atoms with van der Waals surface area (Å²) in [6, 6.07) is 14.1. The van der Waals surface area contributed by atoms with Crippen LogP contribution < -0.4 is 10.1 Å². The molecule has 2 aromatic rings. The van der Waals surface area contributed by atoms with Crippen LogP contribution in [0.2, 0.25) is 0 Å². The molecule has 0 saturated carbocycles. The van der Waals surface area contributed by atoms with Crippen LogP contribution in [-0.2, 0) is 10.5 Å². The highest BCUT2D eigenvalue weighted by atomic mass is 32.2. The number of nitriles is 1. The molecule has 0 spiro atoms. The fraction of sp³-hybridized carbons (Fsp3) is 0.176. The molecular formula is C17H13F3N2O2S. The molecule has 0 unspecified atom stereocenters. The molecule has 2 aromatic carbocycles. The summed E-state index contributed by atoms with van der Waals surface area (Å²) in [5.74, 6) is 0.127. The van der Waals surface area contributed by atoms with E-state index in [1.54, 1.807) is 18.2 Å². The molecule has 2 rings (SSSR count). The molecule has 0 radical (unpaired) electrons. The Morgan fingerprint density at radius 1 is 1.20 bits per heavy atom. The summed E-state index contributed by atoms with van der Waals surface area (Å²) in [5.41, 5.74) is 1.88. The summed E-state index contributed by atoms with van der Waals surface area (Å²) >= 11 is 1.37. The number of amides is 1. The van der Waals surface area contributed by atoms with Crippen LogP contribution in [0.3, 0.4) is 0 Å². The summed E-state index contributed by atoms with van der Waals surface area (Å²) < 4.78 is 40.0. The van der Waals surface area contributed by atoms with Crippen molar-refractivity contribution in [2.45, 2.75) is 12.1 Å². The van der Waals surface area contributed by atoms with Crippen LogP contribution in [0.5, 0.6) is 5.75 Å². The molecule has 1 N–H and O–H groups in total. The zero-order valence-corrected chi connectivity index (χ0v) is 13.7. The SMILES string of the molecule is N#Cc1cccc(CSCC(=O)Nc2ccc(OC(F)(F)F)cc2)c1. The summed E-state index contributed by atoms with van der Waals surface area (Å²) in [7, 11) is 0. The van der Waals surface area contributed by atoms with Gasteiger partial charge in [0.15, 0.2) is 0 Å². The third-order valence-electron chi connectivity index (χ3n) is 2.93. The highest BCUT2D eigenvalue weighted by Crippen LogP contribution is 2.24. The largest absolute Gasteiger partial charge is 0.573 e. The van der Waals surface area contributed by atoms with Crippen molar-refractivity contribution in [2.75, 3.05) is 11.1 Å². The first-order valence-electron chi connectivity index (χ1n) is 7.08. The number of halogens is 3. The Morgan fingerprint density at radius 2 is 1.92 bits per heavy atom. The number of alkyl halides is 3. The van der Waals surface area contributed by atoms with Gasteiger partial charge in [-0.15, -0.1) is 24.9 Å². The number of hydrogen-bond acceptors (Lipinski definition) is 4. The van der Waals surface area contributed by atoms with Crippen molar-refractivity contribution in [3.63, 3.8) is 0 Å². The maximum absolute atomic E-state index is 12.1. The normalized spacial score (nSPS) is 10.8. The first kappa shape index (κ1) is 18.7. The molecule has 0 aliphatic carbocycles. The molecule has 0 fully saturated rings.